The van der Waals surface area contributed by atoms with Crippen LogP contribution in [0.25, 0.3) is 0 Å². The molecule has 0 amide bonds. The van der Waals surface area contributed by atoms with Gasteiger partial charge in [0.2, 0.25) is 0 Å². The lowest BCUT2D eigenvalue weighted by molar-refractivity contribution is 0.112. The van der Waals surface area contributed by atoms with E-state index in [-0.39, 0.29) is 0 Å². The highest BCUT2D eigenvalue weighted by Crippen LogP contribution is 2.28. The number of carbonyl (C=O) groups is 1. The van der Waals surface area contributed by atoms with Crippen molar-refractivity contribution in [1.29, 1.82) is 0 Å². The Kier molecular flexibility index (Phi) is 4.76. The number of aryl methyl sites for hydroxylation is 1. The first-order valence-electron chi connectivity index (χ1n) is 6.57. The van der Waals surface area contributed by atoms with Gasteiger partial charge in [-0.15, -0.1) is 0 Å². The van der Waals surface area contributed by atoms with Crippen molar-refractivity contribution < 1.29 is 14.3 Å². The molecule has 0 aliphatic carbocycles. The zero-order chi connectivity index (χ0) is 14.4. The van der Waals surface area contributed by atoms with Gasteiger partial charge in [-0.25, -0.2) is 4.98 Å². The standard InChI is InChI=1S/C15H18N2O3/c1-3-19-15-10-13(11-18)4-5-14(15)20-9-8-17-7-6-16-12(17)2/h4-7,10-11H,3,8-9H2,1-2H3. The van der Waals surface area contributed by atoms with Crippen molar-refractivity contribution in [1.82, 2.24) is 9.55 Å². The molecule has 0 atom stereocenters. The summed E-state index contributed by atoms with van der Waals surface area (Å²) >= 11 is 0. The minimum absolute atomic E-state index is 0.512. The van der Waals surface area contributed by atoms with Gasteiger partial charge in [0.25, 0.3) is 0 Å². The molecule has 20 heavy (non-hydrogen) atoms. The van der Waals surface area contributed by atoms with E-state index in [1.807, 2.05) is 24.6 Å². The Hall–Kier alpha value is -2.30. The minimum atomic E-state index is 0.512. The van der Waals surface area contributed by atoms with Crippen LogP contribution >= 0.6 is 0 Å². The van der Waals surface area contributed by atoms with Gasteiger partial charge in [0.1, 0.15) is 18.7 Å². The van der Waals surface area contributed by atoms with Crippen molar-refractivity contribution in [3.8, 4) is 11.5 Å². The fourth-order valence-corrected chi connectivity index (χ4v) is 1.88. The summed E-state index contributed by atoms with van der Waals surface area (Å²) in [5, 5.41) is 0. The van der Waals surface area contributed by atoms with Crippen molar-refractivity contribution in [3.63, 3.8) is 0 Å². The summed E-state index contributed by atoms with van der Waals surface area (Å²) in [5.41, 5.74) is 0.575. The van der Waals surface area contributed by atoms with Gasteiger partial charge in [0.05, 0.1) is 13.2 Å². The second-order valence-corrected chi connectivity index (χ2v) is 4.27. The molecule has 5 heteroatoms. The molecule has 2 rings (SSSR count). The Labute approximate surface area is 118 Å². The molecule has 1 aromatic heterocycles. The summed E-state index contributed by atoms with van der Waals surface area (Å²) in [6, 6.07) is 5.16. The van der Waals surface area contributed by atoms with E-state index >= 15 is 0 Å². The molecule has 1 heterocycles. The molecule has 5 nitrogen and oxygen atoms in total. The van der Waals surface area contributed by atoms with Crippen LogP contribution in [0.15, 0.2) is 30.6 Å². The van der Waals surface area contributed by atoms with Gasteiger partial charge in [-0.2, -0.15) is 0 Å². The first kappa shape index (κ1) is 14.1. The molecule has 0 fully saturated rings. The van der Waals surface area contributed by atoms with E-state index in [0.29, 0.717) is 36.8 Å². The summed E-state index contributed by atoms with van der Waals surface area (Å²) in [7, 11) is 0. The Bertz CT molecular complexity index is 578. The van der Waals surface area contributed by atoms with Crippen LogP contribution in [0.2, 0.25) is 0 Å². The number of ether oxygens (including phenoxy) is 2. The first-order chi connectivity index (χ1) is 9.74. The number of aromatic nitrogens is 2. The van der Waals surface area contributed by atoms with E-state index < -0.39 is 0 Å². The van der Waals surface area contributed by atoms with Crippen molar-refractivity contribution in [3.05, 3.63) is 42.0 Å². The summed E-state index contributed by atoms with van der Waals surface area (Å²) < 4.78 is 13.2. The largest absolute Gasteiger partial charge is 0.490 e. The van der Waals surface area contributed by atoms with E-state index in [2.05, 4.69) is 4.98 Å². The van der Waals surface area contributed by atoms with Gasteiger partial charge in [-0.05, 0) is 32.0 Å². The zero-order valence-electron chi connectivity index (χ0n) is 11.7. The molecular weight excluding hydrogens is 256 g/mol. The molecule has 0 N–H and O–H groups in total. The average Bonchev–Trinajstić information content (AvgIpc) is 2.86. The SMILES string of the molecule is CCOc1cc(C=O)ccc1OCCn1ccnc1C. The van der Waals surface area contributed by atoms with Crippen LogP contribution in [0.4, 0.5) is 0 Å². The Morgan fingerprint density at radius 3 is 2.80 bits per heavy atom. The zero-order valence-corrected chi connectivity index (χ0v) is 11.7. The monoisotopic (exact) mass is 274 g/mol. The number of aldehydes is 1. The maximum absolute atomic E-state index is 10.8. The van der Waals surface area contributed by atoms with E-state index in [0.717, 1.165) is 12.1 Å². The van der Waals surface area contributed by atoms with Crippen LogP contribution in [0.3, 0.4) is 0 Å². The van der Waals surface area contributed by atoms with Crippen molar-refractivity contribution in [2.75, 3.05) is 13.2 Å². The highest BCUT2D eigenvalue weighted by Gasteiger charge is 2.06. The lowest BCUT2D eigenvalue weighted by atomic mass is 10.2. The molecule has 0 radical (unpaired) electrons. The Balaban J connectivity index is 2.01. The normalized spacial score (nSPS) is 10.3. The van der Waals surface area contributed by atoms with E-state index in [1.54, 1.807) is 24.4 Å². The molecule has 0 saturated heterocycles. The molecule has 0 aliphatic heterocycles. The molecule has 2 aromatic rings. The summed E-state index contributed by atoms with van der Waals surface area (Å²) in [6.45, 7) is 5.60. The molecule has 0 bridgehead atoms. The van der Waals surface area contributed by atoms with Gasteiger partial charge >= 0.3 is 0 Å². The van der Waals surface area contributed by atoms with Crippen molar-refractivity contribution in [2.24, 2.45) is 0 Å². The molecule has 0 aliphatic rings. The van der Waals surface area contributed by atoms with Gasteiger partial charge in [0.15, 0.2) is 11.5 Å². The third-order valence-corrected chi connectivity index (χ3v) is 2.92. The maximum atomic E-state index is 10.8. The number of benzene rings is 1. The summed E-state index contributed by atoms with van der Waals surface area (Å²) in [6.07, 6.45) is 4.47. The number of nitrogens with zero attached hydrogens (tertiary/aromatic N) is 2. The number of hydrogen-bond acceptors (Lipinski definition) is 4. The van der Waals surface area contributed by atoms with E-state index in [9.17, 15) is 4.79 Å². The smallest absolute Gasteiger partial charge is 0.161 e. The second kappa shape index (κ2) is 6.75. The molecule has 0 unspecified atom stereocenters. The van der Waals surface area contributed by atoms with Gasteiger partial charge < -0.3 is 14.0 Å². The van der Waals surface area contributed by atoms with Crippen LogP contribution in [-0.2, 0) is 6.54 Å². The summed E-state index contributed by atoms with van der Waals surface area (Å²) in [5.74, 6) is 2.20. The Morgan fingerprint density at radius 2 is 2.15 bits per heavy atom. The third-order valence-electron chi connectivity index (χ3n) is 2.92. The molecular formula is C15H18N2O3. The maximum Gasteiger partial charge on any atom is 0.161 e. The van der Waals surface area contributed by atoms with Crippen molar-refractivity contribution in [2.45, 2.75) is 20.4 Å². The lowest BCUT2D eigenvalue weighted by Gasteiger charge is -2.13. The fourth-order valence-electron chi connectivity index (χ4n) is 1.88. The van der Waals surface area contributed by atoms with E-state index in [1.165, 1.54) is 0 Å². The van der Waals surface area contributed by atoms with Gasteiger partial charge in [-0.1, -0.05) is 0 Å². The van der Waals surface area contributed by atoms with Crippen LogP contribution in [-0.4, -0.2) is 29.1 Å². The molecule has 106 valence electrons. The number of imidazole rings is 1. The highest BCUT2D eigenvalue weighted by molar-refractivity contribution is 5.76. The second-order valence-electron chi connectivity index (χ2n) is 4.27. The Morgan fingerprint density at radius 1 is 1.30 bits per heavy atom. The highest BCUT2D eigenvalue weighted by atomic mass is 16.5. The third kappa shape index (κ3) is 3.38. The topological polar surface area (TPSA) is 53.4 Å². The van der Waals surface area contributed by atoms with Crippen LogP contribution in [0.5, 0.6) is 11.5 Å². The van der Waals surface area contributed by atoms with Crippen LogP contribution in [0.1, 0.15) is 23.1 Å². The number of hydrogen-bond donors (Lipinski definition) is 0. The van der Waals surface area contributed by atoms with Crippen LogP contribution < -0.4 is 9.47 Å². The quantitative estimate of drug-likeness (QED) is 0.728. The van der Waals surface area contributed by atoms with Crippen molar-refractivity contribution >= 4 is 6.29 Å². The summed E-state index contributed by atoms with van der Waals surface area (Å²) in [4.78, 5) is 14.9. The number of carbonyl (C=O) groups excluding carboxylic acids is 1. The average molecular weight is 274 g/mol. The lowest BCUT2D eigenvalue weighted by Crippen LogP contribution is -2.09. The van der Waals surface area contributed by atoms with Gasteiger partial charge in [0, 0.05) is 18.0 Å². The minimum Gasteiger partial charge on any atom is -0.490 e. The molecule has 0 spiro atoms. The van der Waals surface area contributed by atoms with Gasteiger partial charge in [-0.3, -0.25) is 4.79 Å². The molecule has 1 aromatic carbocycles. The fraction of sp³-hybridized carbons (Fsp3) is 0.333. The first-order valence-corrected chi connectivity index (χ1v) is 6.57. The molecule has 0 saturated carbocycles. The predicted molar refractivity (Wildman–Crippen MR) is 75.5 cm³/mol. The predicted octanol–water partition coefficient (Wildman–Crippen LogP) is 2.48. The van der Waals surface area contributed by atoms with E-state index in [4.69, 9.17) is 9.47 Å². The van der Waals surface area contributed by atoms with Crippen LogP contribution in [0, 0.1) is 6.92 Å². The number of rotatable bonds is 7.